The molecule has 5 aromatic carbocycles. The van der Waals surface area contributed by atoms with Gasteiger partial charge in [0.2, 0.25) is 11.8 Å². The standard InChI is InChI=1S/C66H75F2N7O15/c1-34-16-15-17-35(2)63(84)73-54-44(58(81)51-52(59(54)82)57(80)39(6)61-53(51)62(83)66(8,90-61)88-29-24-49(87-9)36(3)60(89-40(7)76)38(5)56(79)37(4)55(34)78)32-69-70-33-50(77)75-27-25-74(26-28-75)48-23-22-42(67)31-46(48)71-65(86)47(30-41-18-11-10-12-19-41)72-64(85)43-20-13-14-21-45(43)68/h10-24,29,31-32,34,36-38,47,49,55-56,60,70,78-82H,25-28,30,33H2,1-9H3,(H,71,86)(H,72,85)(H,73,84)/b16-15+,29-24+,35-17-,69-32+/t34-,36+,37+,38+,47?,49-,55-,56+,60+,66-/m0/s1/i30D2. The molecular weight excluding hydrogens is 1170 g/mol. The fraction of sp³-hybridized carbons (Fsp3) is 0.379. The number of fused-ring (bicyclic) bond motifs is 14. The van der Waals surface area contributed by atoms with Crippen LogP contribution in [0.1, 0.15) is 88.6 Å². The molecule has 1 saturated heterocycles. The SMILES string of the molecule is [2H]C([2H])(c1ccccc1)C(NC(=O)c1ccccc1F)C(=O)Nc1cc(F)ccc1N1CCN(C(=O)CN/N=C/c2c3c(O)c4c(O)c(C)c5c(c4c2O)C(=O)[C@@](C)(O/C=C/[C@H](OC)[C@@H](C)[C@@H](OC(C)=O)[C@H](C)[C@H](O)[C@H](C)[C@@H](O)[C@@H](C)/C=C/C=C(/C)C(=O)N3)O5)CC1. The van der Waals surface area contributed by atoms with E-state index >= 15 is 4.39 Å². The van der Waals surface area contributed by atoms with Gasteiger partial charge in [-0.15, -0.1) is 0 Å². The zero-order chi connectivity index (χ0) is 67.3. The number of hydrogen-bond acceptors (Lipinski definition) is 18. The largest absolute Gasteiger partial charge is 0.507 e. The lowest BCUT2D eigenvalue weighted by molar-refractivity contribution is -0.160. The number of rotatable bonds is 13. The van der Waals surface area contributed by atoms with Crippen LogP contribution >= 0.6 is 0 Å². The minimum atomic E-state index is -2.58. The number of aliphatic hydroxyl groups is 2. The normalized spacial score (nSPS) is 25.4. The minimum Gasteiger partial charge on any atom is -0.507 e. The van der Waals surface area contributed by atoms with E-state index in [1.54, 1.807) is 44.7 Å². The van der Waals surface area contributed by atoms with E-state index in [-0.39, 0.29) is 65.6 Å². The van der Waals surface area contributed by atoms with Crippen molar-refractivity contribution in [3.8, 4) is 23.0 Å². The Hall–Kier alpha value is -9.39. The van der Waals surface area contributed by atoms with E-state index in [0.29, 0.717) is 0 Å². The lowest BCUT2D eigenvalue weighted by atomic mass is 9.78. The summed E-state index contributed by atoms with van der Waals surface area (Å²) in [7, 11) is 1.39. The van der Waals surface area contributed by atoms with Crippen molar-refractivity contribution in [1.29, 1.82) is 0 Å². The number of phenols is 3. The summed E-state index contributed by atoms with van der Waals surface area (Å²) in [4.78, 5) is 85.9. The lowest BCUT2D eigenvalue weighted by Gasteiger charge is -2.38. The van der Waals surface area contributed by atoms with Crippen LogP contribution in [0.2, 0.25) is 0 Å². The second-order valence-electron chi connectivity index (χ2n) is 22.6. The first kappa shape index (κ1) is 63.6. The highest BCUT2D eigenvalue weighted by atomic mass is 19.1. The Labute approximate surface area is 521 Å². The number of Topliss-reactive ketones (excluding diaryl/α,β-unsaturated/α-hetero) is 1. The molecule has 0 spiro atoms. The summed E-state index contributed by atoms with van der Waals surface area (Å²) >= 11 is 0. The summed E-state index contributed by atoms with van der Waals surface area (Å²) in [5.74, 6) is -14.2. The molecule has 4 amide bonds. The molecule has 9 N–H and O–H groups in total. The van der Waals surface area contributed by atoms with Crippen LogP contribution in [0.5, 0.6) is 23.0 Å². The molecule has 4 heterocycles. The zero-order valence-electron chi connectivity index (χ0n) is 53.0. The molecule has 0 aliphatic carbocycles. The molecule has 10 atom stereocenters. The number of ketones is 1. The Balaban J connectivity index is 1.05. The maximum absolute atomic E-state index is 15.0. The number of carbonyl (C=O) groups is 6. The predicted octanol–water partition coefficient (Wildman–Crippen LogP) is 7.28. The Kier molecular flexibility index (Phi) is 20.1. The molecule has 22 nitrogen and oxygen atoms in total. The second-order valence-corrected chi connectivity index (χ2v) is 22.6. The molecule has 0 radical (unpaired) electrons. The van der Waals surface area contributed by atoms with Crippen LogP contribution in [-0.4, -0.2) is 148 Å². The van der Waals surface area contributed by atoms with Crippen LogP contribution in [0, 0.1) is 42.2 Å². The van der Waals surface area contributed by atoms with Crippen LogP contribution in [0.3, 0.4) is 0 Å². The van der Waals surface area contributed by atoms with Gasteiger partial charge in [0.1, 0.15) is 47.6 Å². The number of carbonyl (C=O) groups excluding carboxylic acids is 6. The molecule has 9 rings (SSSR count). The molecule has 1 unspecified atom stereocenters. The van der Waals surface area contributed by atoms with Crippen molar-refractivity contribution >= 4 is 69.4 Å². The van der Waals surface area contributed by atoms with Crippen molar-refractivity contribution in [1.82, 2.24) is 15.6 Å². The number of anilines is 3. The number of hydrazone groups is 1. The molecule has 478 valence electrons. The molecule has 90 heavy (non-hydrogen) atoms. The van der Waals surface area contributed by atoms with Crippen molar-refractivity contribution in [2.75, 3.05) is 55.4 Å². The van der Waals surface area contributed by atoms with Gasteiger partial charge in [-0.2, -0.15) is 5.10 Å². The number of ether oxygens (including phenoxy) is 4. The average Bonchev–Trinajstić information content (AvgIpc) is 1.44. The number of nitrogens with one attached hydrogen (secondary N) is 4. The number of aliphatic hydroxyl groups excluding tert-OH is 2. The third-order valence-corrected chi connectivity index (χ3v) is 16.5. The van der Waals surface area contributed by atoms with E-state index in [4.69, 9.17) is 21.7 Å². The van der Waals surface area contributed by atoms with Crippen LogP contribution in [0.4, 0.5) is 25.8 Å². The van der Waals surface area contributed by atoms with Crippen molar-refractivity contribution in [2.24, 2.45) is 28.8 Å². The van der Waals surface area contributed by atoms with Gasteiger partial charge in [0.25, 0.3) is 17.6 Å². The molecule has 4 aliphatic heterocycles. The zero-order valence-corrected chi connectivity index (χ0v) is 51.0. The number of allylic oxidation sites excluding steroid dienone is 2. The molecule has 5 bridgehead atoms. The Morgan fingerprint density at radius 3 is 2.26 bits per heavy atom. The fourth-order valence-corrected chi connectivity index (χ4v) is 11.2. The maximum Gasteiger partial charge on any atom is 0.312 e. The number of esters is 1. The summed E-state index contributed by atoms with van der Waals surface area (Å²) in [6, 6.07) is 14.1. The first-order valence-electron chi connectivity index (χ1n) is 30.1. The van der Waals surface area contributed by atoms with Gasteiger partial charge >= 0.3 is 11.8 Å². The van der Waals surface area contributed by atoms with Crippen LogP contribution < -0.4 is 31.0 Å². The van der Waals surface area contributed by atoms with Gasteiger partial charge in [-0.3, -0.25) is 28.8 Å². The van der Waals surface area contributed by atoms with Gasteiger partial charge in [0, 0.05) is 96.4 Å². The van der Waals surface area contributed by atoms with E-state index in [1.165, 1.54) is 106 Å². The van der Waals surface area contributed by atoms with Crippen molar-refractivity contribution in [3.63, 3.8) is 0 Å². The van der Waals surface area contributed by atoms with Crippen molar-refractivity contribution < 1.29 is 84.8 Å². The van der Waals surface area contributed by atoms with Crippen molar-refractivity contribution in [3.05, 3.63) is 148 Å². The Bertz CT molecular complexity index is 3790. The van der Waals surface area contributed by atoms with Gasteiger partial charge in [-0.25, -0.2) is 8.78 Å². The van der Waals surface area contributed by atoms with Gasteiger partial charge in [-0.1, -0.05) is 88.4 Å². The quantitative estimate of drug-likeness (QED) is 0.0184. The van der Waals surface area contributed by atoms with Gasteiger partial charge < -0.3 is 75.7 Å². The molecule has 5 aromatic rings. The predicted molar refractivity (Wildman–Crippen MR) is 331 cm³/mol. The molecule has 24 heteroatoms. The number of amides is 4. The number of halogens is 2. The second kappa shape index (κ2) is 28.4. The maximum atomic E-state index is 15.0. The highest BCUT2D eigenvalue weighted by Gasteiger charge is 2.50. The summed E-state index contributed by atoms with van der Waals surface area (Å²) in [6.07, 6.45) is 1.24. The number of aromatic hydroxyl groups is 3. The topological polar surface area (TPSA) is 307 Å². The van der Waals surface area contributed by atoms with Crippen LogP contribution in [0.15, 0.2) is 114 Å². The molecular formula is C66H75F2N7O15. The van der Waals surface area contributed by atoms with E-state index in [9.17, 15) is 58.7 Å². The summed E-state index contributed by atoms with van der Waals surface area (Å²) in [6.45, 7) is 12.0. The van der Waals surface area contributed by atoms with Crippen LogP contribution in [-0.2, 0) is 39.8 Å². The third kappa shape index (κ3) is 14.4. The van der Waals surface area contributed by atoms with Gasteiger partial charge in [0.05, 0.1) is 69.9 Å². The molecule has 0 saturated carbocycles. The summed E-state index contributed by atoms with van der Waals surface area (Å²) in [5.41, 5.74) is 1.14. The smallest absolute Gasteiger partial charge is 0.312 e. The van der Waals surface area contributed by atoms with E-state index in [1.807, 2.05) is 0 Å². The lowest BCUT2D eigenvalue weighted by Crippen LogP contribution is -2.51. The number of nitrogens with zero attached hydrogens (tertiary/aromatic N) is 3. The number of phenolic OH excluding ortho intramolecular Hbond substituents is 3. The van der Waals surface area contributed by atoms with Crippen LogP contribution in [0.25, 0.3) is 10.8 Å². The monoisotopic (exact) mass is 1250 g/mol. The van der Waals surface area contributed by atoms with E-state index in [2.05, 4.69) is 26.5 Å². The first-order valence-corrected chi connectivity index (χ1v) is 29.1. The number of methoxy groups -OCH3 is 1. The Morgan fingerprint density at radius 2 is 1.58 bits per heavy atom. The average molecular weight is 1250 g/mol. The van der Waals surface area contributed by atoms with Crippen molar-refractivity contribution in [2.45, 2.75) is 98.0 Å². The fourth-order valence-electron chi connectivity index (χ4n) is 11.2. The number of piperazine rings is 1. The highest BCUT2D eigenvalue weighted by molar-refractivity contribution is 6.24. The van der Waals surface area contributed by atoms with Gasteiger partial charge in [-0.05, 0) is 55.8 Å². The minimum absolute atomic E-state index is 0.0128. The highest BCUT2D eigenvalue weighted by Crippen LogP contribution is 2.55. The first-order chi connectivity index (χ1) is 43.5. The molecule has 1 fully saturated rings. The van der Waals surface area contributed by atoms with E-state index in [0.717, 1.165) is 30.7 Å². The van der Waals surface area contributed by atoms with Gasteiger partial charge in [0.15, 0.2) is 5.75 Å². The molecule has 0 aromatic heterocycles. The summed E-state index contributed by atoms with van der Waals surface area (Å²) in [5, 5.41) is 70.2. The molecule has 4 aliphatic rings. The summed E-state index contributed by atoms with van der Waals surface area (Å²) < 4.78 is 71.5. The van der Waals surface area contributed by atoms with E-state index < -0.39 is 165 Å². The third-order valence-electron chi connectivity index (χ3n) is 16.5. The number of benzene rings is 5. The number of hydrogen-bond donors (Lipinski definition) is 9. The Morgan fingerprint density at radius 1 is 0.889 bits per heavy atom.